The summed E-state index contributed by atoms with van der Waals surface area (Å²) in [7, 11) is 1.54. The molecule has 3 rings (SSSR count). The third kappa shape index (κ3) is 5.56. The van der Waals surface area contributed by atoms with Gasteiger partial charge in [0.15, 0.2) is 0 Å². The van der Waals surface area contributed by atoms with Crippen LogP contribution >= 0.6 is 0 Å². The molecular weight excluding hydrogens is 405 g/mol. The SMILES string of the molecule is COCOCCOCc1ccc(-c2noc(-c3ccc(O)c(C(F)(F)F)c3)n2)cc1. The number of phenolic OH excluding ortho intramolecular Hbond substituents is 1. The maximum atomic E-state index is 13.0. The fraction of sp³-hybridized carbons (Fsp3) is 0.300. The molecule has 1 heterocycles. The third-order valence-corrected chi connectivity index (χ3v) is 4.03. The van der Waals surface area contributed by atoms with Crippen LogP contribution < -0.4 is 0 Å². The molecule has 0 saturated carbocycles. The highest BCUT2D eigenvalue weighted by atomic mass is 19.4. The third-order valence-electron chi connectivity index (χ3n) is 4.03. The largest absolute Gasteiger partial charge is 0.507 e. The van der Waals surface area contributed by atoms with Gasteiger partial charge in [0.2, 0.25) is 5.82 Å². The van der Waals surface area contributed by atoms with E-state index in [2.05, 4.69) is 10.1 Å². The van der Waals surface area contributed by atoms with Gasteiger partial charge in [-0.25, -0.2) is 0 Å². The summed E-state index contributed by atoms with van der Waals surface area (Å²) >= 11 is 0. The van der Waals surface area contributed by atoms with Crippen molar-refractivity contribution in [3.05, 3.63) is 53.6 Å². The summed E-state index contributed by atoms with van der Waals surface area (Å²) in [5, 5.41) is 13.3. The first-order chi connectivity index (χ1) is 14.4. The number of hydrogen-bond donors (Lipinski definition) is 1. The van der Waals surface area contributed by atoms with E-state index in [0.29, 0.717) is 25.4 Å². The zero-order valence-electron chi connectivity index (χ0n) is 16.0. The van der Waals surface area contributed by atoms with Crippen LogP contribution in [0.5, 0.6) is 5.75 Å². The van der Waals surface area contributed by atoms with Crippen molar-refractivity contribution in [3.8, 4) is 28.6 Å². The molecule has 10 heteroatoms. The number of hydrogen-bond acceptors (Lipinski definition) is 7. The van der Waals surface area contributed by atoms with E-state index < -0.39 is 17.5 Å². The van der Waals surface area contributed by atoms with E-state index in [1.165, 1.54) is 6.07 Å². The van der Waals surface area contributed by atoms with Crippen molar-refractivity contribution >= 4 is 0 Å². The molecule has 1 N–H and O–H groups in total. The fourth-order valence-corrected chi connectivity index (χ4v) is 2.55. The summed E-state index contributed by atoms with van der Waals surface area (Å²) in [6.07, 6.45) is -4.70. The Labute approximate surface area is 170 Å². The molecule has 3 aromatic rings. The highest BCUT2D eigenvalue weighted by molar-refractivity contribution is 5.62. The second kappa shape index (κ2) is 9.70. The molecule has 0 aliphatic carbocycles. The molecule has 0 unspecified atom stereocenters. The van der Waals surface area contributed by atoms with Crippen molar-refractivity contribution in [2.45, 2.75) is 12.8 Å². The quantitative estimate of drug-likeness (QED) is 0.406. The second-order valence-corrected chi connectivity index (χ2v) is 6.22. The van der Waals surface area contributed by atoms with Gasteiger partial charge in [0.1, 0.15) is 12.5 Å². The Morgan fingerprint density at radius 1 is 1.00 bits per heavy atom. The van der Waals surface area contributed by atoms with Crippen molar-refractivity contribution in [2.75, 3.05) is 27.1 Å². The van der Waals surface area contributed by atoms with Gasteiger partial charge in [0, 0.05) is 18.2 Å². The van der Waals surface area contributed by atoms with E-state index in [1.807, 2.05) is 12.1 Å². The molecule has 0 spiro atoms. The molecule has 0 atom stereocenters. The predicted octanol–water partition coefficient (Wildman–Crippen LogP) is 4.27. The molecule has 0 amide bonds. The van der Waals surface area contributed by atoms with Gasteiger partial charge in [-0.1, -0.05) is 29.4 Å². The van der Waals surface area contributed by atoms with Gasteiger partial charge < -0.3 is 23.8 Å². The number of alkyl halides is 3. The standard InChI is InChI=1S/C20H19F3N2O5/c1-27-12-29-9-8-28-11-13-2-4-14(5-3-13)18-24-19(30-25-18)15-6-7-17(26)16(10-15)20(21,22)23/h2-7,10,26H,8-9,11-12H2,1H3. The minimum atomic E-state index is -4.70. The molecule has 7 nitrogen and oxygen atoms in total. The molecule has 160 valence electrons. The molecule has 0 radical (unpaired) electrons. The Hall–Kier alpha value is -2.95. The maximum Gasteiger partial charge on any atom is 0.419 e. The monoisotopic (exact) mass is 424 g/mol. The van der Waals surface area contributed by atoms with Crippen LogP contribution in [0.1, 0.15) is 11.1 Å². The number of halogens is 3. The van der Waals surface area contributed by atoms with Crippen LogP contribution in [0, 0.1) is 0 Å². The van der Waals surface area contributed by atoms with E-state index in [-0.39, 0.29) is 24.1 Å². The lowest BCUT2D eigenvalue weighted by molar-refractivity contribution is -0.138. The van der Waals surface area contributed by atoms with Crippen molar-refractivity contribution < 1.29 is 37.0 Å². The highest BCUT2D eigenvalue weighted by Crippen LogP contribution is 2.38. The highest BCUT2D eigenvalue weighted by Gasteiger charge is 2.34. The lowest BCUT2D eigenvalue weighted by Gasteiger charge is -2.09. The topological polar surface area (TPSA) is 86.8 Å². The van der Waals surface area contributed by atoms with E-state index in [9.17, 15) is 18.3 Å². The lowest BCUT2D eigenvalue weighted by atomic mass is 10.1. The van der Waals surface area contributed by atoms with Crippen molar-refractivity contribution in [3.63, 3.8) is 0 Å². The summed E-state index contributed by atoms with van der Waals surface area (Å²) in [4.78, 5) is 4.15. The van der Waals surface area contributed by atoms with Gasteiger partial charge >= 0.3 is 6.18 Å². The van der Waals surface area contributed by atoms with Crippen LogP contribution in [0.4, 0.5) is 13.2 Å². The summed E-state index contributed by atoms with van der Waals surface area (Å²) < 4.78 is 59.4. The fourth-order valence-electron chi connectivity index (χ4n) is 2.55. The Morgan fingerprint density at radius 2 is 1.70 bits per heavy atom. The summed E-state index contributed by atoms with van der Waals surface area (Å²) in [6, 6.07) is 10.1. The zero-order valence-corrected chi connectivity index (χ0v) is 16.0. The zero-order chi connectivity index (χ0) is 21.6. The predicted molar refractivity (Wildman–Crippen MR) is 99.3 cm³/mol. The first kappa shape index (κ1) is 21.8. The van der Waals surface area contributed by atoms with Gasteiger partial charge in [0.25, 0.3) is 5.89 Å². The average molecular weight is 424 g/mol. The van der Waals surface area contributed by atoms with Gasteiger partial charge in [-0.3, -0.25) is 0 Å². The minimum absolute atomic E-state index is 0.0552. The Morgan fingerprint density at radius 3 is 2.40 bits per heavy atom. The Kier molecular flexibility index (Phi) is 7.03. The minimum Gasteiger partial charge on any atom is -0.507 e. The first-order valence-corrected chi connectivity index (χ1v) is 8.86. The number of aromatic hydroxyl groups is 1. The Bertz CT molecular complexity index is 958. The average Bonchev–Trinajstić information content (AvgIpc) is 3.21. The van der Waals surface area contributed by atoms with Crippen molar-refractivity contribution in [1.29, 1.82) is 0 Å². The van der Waals surface area contributed by atoms with Crippen LogP contribution in [0.3, 0.4) is 0 Å². The maximum absolute atomic E-state index is 13.0. The van der Waals surface area contributed by atoms with Crippen LogP contribution in [-0.2, 0) is 27.0 Å². The van der Waals surface area contributed by atoms with Crippen LogP contribution in [0.25, 0.3) is 22.8 Å². The second-order valence-electron chi connectivity index (χ2n) is 6.22. The first-order valence-electron chi connectivity index (χ1n) is 8.86. The number of benzene rings is 2. The van der Waals surface area contributed by atoms with Gasteiger partial charge in [0.05, 0.1) is 25.4 Å². The number of ether oxygens (including phenoxy) is 3. The molecule has 0 saturated heterocycles. The summed E-state index contributed by atoms with van der Waals surface area (Å²) in [6.45, 7) is 1.45. The molecule has 2 aromatic carbocycles. The van der Waals surface area contributed by atoms with E-state index in [4.69, 9.17) is 18.7 Å². The molecule has 0 fully saturated rings. The number of aromatic nitrogens is 2. The molecule has 1 aromatic heterocycles. The van der Waals surface area contributed by atoms with Crippen LogP contribution in [-0.4, -0.2) is 42.4 Å². The number of nitrogens with zero attached hydrogens (tertiary/aromatic N) is 2. The van der Waals surface area contributed by atoms with Crippen molar-refractivity contribution in [2.24, 2.45) is 0 Å². The smallest absolute Gasteiger partial charge is 0.419 e. The van der Waals surface area contributed by atoms with Gasteiger partial charge in [-0.15, -0.1) is 0 Å². The molecule has 0 aliphatic rings. The summed E-state index contributed by atoms with van der Waals surface area (Å²) in [5.74, 6) is -0.722. The van der Waals surface area contributed by atoms with E-state index >= 15 is 0 Å². The normalized spacial score (nSPS) is 11.7. The number of methoxy groups -OCH3 is 1. The molecular formula is C20H19F3N2O5. The summed E-state index contributed by atoms with van der Waals surface area (Å²) in [5.41, 5.74) is 0.436. The lowest BCUT2D eigenvalue weighted by Crippen LogP contribution is -2.06. The van der Waals surface area contributed by atoms with Crippen LogP contribution in [0.2, 0.25) is 0 Å². The van der Waals surface area contributed by atoms with Crippen molar-refractivity contribution in [1.82, 2.24) is 10.1 Å². The molecule has 30 heavy (non-hydrogen) atoms. The Balaban J connectivity index is 1.65. The van der Waals surface area contributed by atoms with E-state index in [0.717, 1.165) is 17.7 Å². The molecule has 0 aliphatic heterocycles. The number of phenols is 1. The van der Waals surface area contributed by atoms with Gasteiger partial charge in [-0.2, -0.15) is 18.2 Å². The van der Waals surface area contributed by atoms with E-state index in [1.54, 1.807) is 19.2 Å². The van der Waals surface area contributed by atoms with Crippen LogP contribution in [0.15, 0.2) is 47.0 Å². The number of rotatable bonds is 9. The molecule has 0 bridgehead atoms. The van der Waals surface area contributed by atoms with Gasteiger partial charge in [-0.05, 0) is 23.8 Å².